The third kappa shape index (κ3) is 3.55. The average molecular weight is 283 g/mol. The normalized spacial score (nSPS) is 15.7. The van der Waals surface area contributed by atoms with Crippen LogP contribution in [0.3, 0.4) is 0 Å². The van der Waals surface area contributed by atoms with Crippen LogP contribution in [0.1, 0.15) is 36.0 Å². The molecule has 1 aliphatic carbocycles. The van der Waals surface area contributed by atoms with E-state index in [1.54, 1.807) is 19.1 Å². The summed E-state index contributed by atoms with van der Waals surface area (Å²) in [5.74, 6) is 0.704. The summed E-state index contributed by atoms with van der Waals surface area (Å²) in [5, 5.41) is 9.24. The summed E-state index contributed by atoms with van der Waals surface area (Å²) in [5.41, 5.74) is 2.29. The minimum atomic E-state index is -3.47. The van der Waals surface area contributed by atoms with Crippen LogP contribution < -0.4 is 4.72 Å². The number of rotatable bonds is 6. The van der Waals surface area contributed by atoms with Crippen molar-refractivity contribution in [3.05, 3.63) is 28.8 Å². The van der Waals surface area contributed by atoms with Gasteiger partial charge in [0.2, 0.25) is 10.0 Å². The molecule has 1 aromatic rings. The Morgan fingerprint density at radius 1 is 1.26 bits per heavy atom. The highest BCUT2D eigenvalue weighted by molar-refractivity contribution is 7.89. The van der Waals surface area contributed by atoms with Gasteiger partial charge in [-0.05, 0) is 48.9 Å². The number of nitrogens with one attached hydrogen (secondary N) is 1. The maximum absolute atomic E-state index is 12.2. The standard InChI is InChI=1S/C14H21NO3S/c1-10-7-11(2)14(8-13(10)9-16)19(17,18)15-6-5-12-3-4-12/h7-8,12,15-16H,3-6,9H2,1-2H3. The molecule has 0 radical (unpaired) electrons. The molecule has 0 aromatic heterocycles. The first-order valence-corrected chi connectivity index (χ1v) is 8.13. The highest BCUT2D eigenvalue weighted by atomic mass is 32.2. The molecule has 106 valence electrons. The zero-order valence-electron chi connectivity index (χ0n) is 11.4. The van der Waals surface area contributed by atoms with Crippen molar-refractivity contribution in [1.29, 1.82) is 0 Å². The van der Waals surface area contributed by atoms with Crippen molar-refractivity contribution in [2.24, 2.45) is 5.92 Å². The summed E-state index contributed by atoms with van der Waals surface area (Å²) >= 11 is 0. The van der Waals surface area contributed by atoms with Gasteiger partial charge in [-0.15, -0.1) is 0 Å². The van der Waals surface area contributed by atoms with E-state index >= 15 is 0 Å². The van der Waals surface area contributed by atoms with Crippen molar-refractivity contribution in [2.75, 3.05) is 6.54 Å². The van der Waals surface area contributed by atoms with Crippen molar-refractivity contribution in [3.8, 4) is 0 Å². The maximum atomic E-state index is 12.2. The molecule has 1 aliphatic rings. The molecule has 4 nitrogen and oxygen atoms in total. The van der Waals surface area contributed by atoms with E-state index in [0.717, 1.165) is 12.0 Å². The lowest BCUT2D eigenvalue weighted by atomic mass is 10.1. The van der Waals surface area contributed by atoms with Crippen LogP contribution in [-0.2, 0) is 16.6 Å². The van der Waals surface area contributed by atoms with Crippen molar-refractivity contribution < 1.29 is 13.5 Å². The van der Waals surface area contributed by atoms with E-state index in [1.165, 1.54) is 12.8 Å². The van der Waals surface area contributed by atoms with Gasteiger partial charge in [0.1, 0.15) is 0 Å². The molecule has 0 amide bonds. The van der Waals surface area contributed by atoms with Crippen LogP contribution >= 0.6 is 0 Å². The lowest BCUT2D eigenvalue weighted by Crippen LogP contribution is -2.26. The summed E-state index contributed by atoms with van der Waals surface area (Å²) in [6.07, 6.45) is 3.36. The first-order valence-electron chi connectivity index (χ1n) is 6.64. The number of sulfonamides is 1. The first kappa shape index (κ1) is 14.5. The molecule has 0 unspecified atom stereocenters. The monoisotopic (exact) mass is 283 g/mol. The van der Waals surface area contributed by atoms with Crippen LogP contribution in [-0.4, -0.2) is 20.1 Å². The summed E-state index contributed by atoms with van der Waals surface area (Å²) in [4.78, 5) is 0.276. The Morgan fingerprint density at radius 2 is 1.95 bits per heavy atom. The van der Waals surface area contributed by atoms with Gasteiger partial charge in [-0.25, -0.2) is 13.1 Å². The maximum Gasteiger partial charge on any atom is 0.240 e. The fourth-order valence-corrected chi connectivity index (χ4v) is 3.54. The molecule has 19 heavy (non-hydrogen) atoms. The van der Waals surface area contributed by atoms with E-state index in [1.807, 2.05) is 6.92 Å². The highest BCUT2D eigenvalue weighted by Crippen LogP contribution is 2.32. The Labute approximate surface area is 114 Å². The molecule has 0 saturated heterocycles. The molecule has 0 aliphatic heterocycles. The summed E-state index contributed by atoms with van der Waals surface area (Å²) in [6, 6.07) is 3.38. The van der Waals surface area contributed by atoms with Crippen LogP contribution in [0.4, 0.5) is 0 Å². The molecule has 0 spiro atoms. The Hall–Kier alpha value is -0.910. The minimum Gasteiger partial charge on any atom is -0.392 e. The van der Waals surface area contributed by atoms with Crippen molar-refractivity contribution in [2.45, 2.75) is 44.6 Å². The topological polar surface area (TPSA) is 66.4 Å². The average Bonchev–Trinajstić information content (AvgIpc) is 3.12. The van der Waals surface area contributed by atoms with E-state index in [0.29, 0.717) is 23.6 Å². The van der Waals surface area contributed by atoms with Gasteiger partial charge in [0.05, 0.1) is 11.5 Å². The highest BCUT2D eigenvalue weighted by Gasteiger charge is 2.23. The van der Waals surface area contributed by atoms with Crippen molar-refractivity contribution in [1.82, 2.24) is 4.72 Å². The van der Waals surface area contributed by atoms with E-state index in [2.05, 4.69) is 4.72 Å². The number of hydrogen-bond donors (Lipinski definition) is 2. The Bertz CT molecular complexity index is 562. The van der Waals surface area contributed by atoms with Gasteiger partial charge in [0.15, 0.2) is 0 Å². The predicted molar refractivity (Wildman–Crippen MR) is 74.4 cm³/mol. The molecule has 0 bridgehead atoms. The van der Waals surface area contributed by atoms with Crippen LogP contribution in [0.15, 0.2) is 17.0 Å². The Morgan fingerprint density at radius 3 is 2.53 bits per heavy atom. The van der Waals surface area contributed by atoms with E-state index in [4.69, 9.17) is 0 Å². The van der Waals surface area contributed by atoms with Crippen LogP contribution in [0.25, 0.3) is 0 Å². The second-order valence-corrected chi connectivity index (χ2v) is 7.07. The van der Waals surface area contributed by atoms with Gasteiger partial charge in [-0.2, -0.15) is 0 Å². The van der Waals surface area contributed by atoms with Gasteiger partial charge in [0, 0.05) is 6.54 Å². The lowest BCUT2D eigenvalue weighted by Gasteiger charge is -2.12. The molecule has 1 saturated carbocycles. The molecule has 1 aromatic carbocycles. The quantitative estimate of drug-likeness (QED) is 0.837. The Balaban J connectivity index is 2.17. The molecular weight excluding hydrogens is 262 g/mol. The Kier molecular flexibility index (Phi) is 4.28. The predicted octanol–water partition coefficient (Wildman–Crippen LogP) is 1.87. The molecule has 5 heteroatoms. The summed E-state index contributed by atoms with van der Waals surface area (Å²) < 4.78 is 27.1. The fourth-order valence-electron chi connectivity index (χ4n) is 2.22. The smallest absolute Gasteiger partial charge is 0.240 e. The van der Waals surface area contributed by atoms with Crippen molar-refractivity contribution in [3.63, 3.8) is 0 Å². The third-order valence-corrected chi connectivity index (χ3v) is 5.24. The summed E-state index contributed by atoms with van der Waals surface area (Å²) in [7, 11) is -3.47. The van der Waals surface area contributed by atoms with Crippen LogP contribution in [0.5, 0.6) is 0 Å². The fraction of sp³-hybridized carbons (Fsp3) is 0.571. The molecule has 1 fully saturated rings. The van der Waals surface area contributed by atoms with Gasteiger partial charge in [-0.1, -0.05) is 18.9 Å². The van der Waals surface area contributed by atoms with Gasteiger partial charge in [-0.3, -0.25) is 0 Å². The first-order chi connectivity index (χ1) is 8.94. The number of hydrogen-bond acceptors (Lipinski definition) is 3. The second-order valence-electron chi connectivity index (χ2n) is 5.33. The summed E-state index contributed by atoms with van der Waals surface area (Å²) in [6.45, 7) is 4.00. The number of aryl methyl sites for hydroxylation is 2. The zero-order valence-corrected chi connectivity index (χ0v) is 12.3. The van der Waals surface area contributed by atoms with Crippen LogP contribution in [0.2, 0.25) is 0 Å². The number of aliphatic hydroxyl groups is 1. The van der Waals surface area contributed by atoms with E-state index < -0.39 is 10.0 Å². The number of aliphatic hydroxyl groups excluding tert-OH is 1. The van der Waals surface area contributed by atoms with Gasteiger partial charge < -0.3 is 5.11 Å². The van der Waals surface area contributed by atoms with Gasteiger partial charge in [0.25, 0.3) is 0 Å². The van der Waals surface area contributed by atoms with Gasteiger partial charge >= 0.3 is 0 Å². The SMILES string of the molecule is Cc1cc(C)c(S(=O)(=O)NCCC2CC2)cc1CO. The number of benzene rings is 1. The molecule has 0 atom stereocenters. The van der Waals surface area contributed by atoms with E-state index in [9.17, 15) is 13.5 Å². The molecule has 2 rings (SSSR count). The lowest BCUT2D eigenvalue weighted by molar-refractivity contribution is 0.280. The largest absolute Gasteiger partial charge is 0.392 e. The van der Waals surface area contributed by atoms with Crippen molar-refractivity contribution >= 4 is 10.0 Å². The minimum absolute atomic E-state index is 0.142. The molecular formula is C14H21NO3S. The van der Waals surface area contributed by atoms with E-state index in [-0.39, 0.29) is 11.5 Å². The van der Waals surface area contributed by atoms with Crippen LogP contribution in [0, 0.1) is 19.8 Å². The second kappa shape index (κ2) is 5.61. The molecule has 0 heterocycles. The molecule has 2 N–H and O–H groups in total. The third-order valence-electron chi connectivity index (χ3n) is 3.63. The zero-order chi connectivity index (χ0) is 14.0.